The van der Waals surface area contributed by atoms with E-state index in [0.29, 0.717) is 5.69 Å². The molecule has 5 heteroatoms. The first-order chi connectivity index (χ1) is 9.97. The van der Waals surface area contributed by atoms with Crippen LogP contribution in [-0.2, 0) is 11.3 Å². The lowest BCUT2D eigenvalue weighted by molar-refractivity contribution is -0.135. The van der Waals surface area contributed by atoms with Crippen LogP contribution >= 0.6 is 0 Å². The molecule has 1 N–H and O–H groups in total. The molecular weight excluding hydrogens is 271 g/mol. The first kappa shape index (κ1) is 17.4. The topological polar surface area (TPSA) is 43.8 Å². The summed E-state index contributed by atoms with van der Waals surface area (Å²) in [6.45, 7) is 6.77. The van der Waals surface area contributed by atoms with Crippen LogP contribution in [-0.4, -0.2) is 42.7 Å². The maximum absolute atomic E-state index is 13.8. The van der Waals surface area contributed by atoms with Gasteiger partial charge in [-0.2, -0.15) is 0 Å². The molecule has 118 valence electrons. The zero-order valence-corrected chi connectivity index (χ0v) is 13.1. The van der Waals surface area contributed by atoms with Crippen molar-refractivity contribution in [1.29, 1.82) is 0 Å². The fourth-order valence-corrected chi connectivity index (χ4v) is 2.23. The number of rotatable bonds is 9. The van der Waals surface area contributed by atoms with Crippen LogP contribution < -0.4 is 4.90 Å². The minimum Gasteiger partial charge on any atom is -0.480 e. The molecule has 0 aliphatic heterocycles. The lowest BCUT2D eigenvalue weighted by Gasteiger charge is -2.22. The van der Waals surface area contributed by atoms with E-state index in [2.05, 4.69) is 18.7 Å². The number of carboxylic acid groups (broad SMARTS) is 1. The van der Waals surface area contributed by atoms with Gasteiger partial charge in [-0.3, -0.25) is 9.69 Å². The number of unbranched alkanes of at least 4 members (excludes halogenated alkanes) is 1. The molecule has 0 bridgehead atoms. The number of hydrogen-bond donors (Lipinski definition) is 1. The van der Waals surface area contributed by atoms with Crippen LogP contribution in [0.4, 0.5) is 10.1 Å². The summed E-state index contributed by atoms with van der Waals surface area (Å²) in [5.74, 6) is -1.36. The average molecular weight is 296 g/mol. The first-order valence-corrected chi connectivity index (χ1v) is 7.41. The average Bonchev–Trinajstić information content (AvgIpc) is 2.44. The molecule has 0 saturated heterocycles. The number of carbonyl (C=O) groups is 1. The van der Waals surface area contributed by atoms with Crippen LogP contribution in [0.15, 0.2) is 18.2 Å². The van der Waals surface area contributed by atoms with Crippen molar-refractivity contribution in [2.24, 2.45) is 0 Å². The summed E-state index contributed by atoms with van der Waals surface area (Å²) in [4.78, 5) is 14.5. The number of aliphatic carboxylic acids is 1. The maximum atomic E-state index is 13.8. The molecule has 0 unspecified atom stereocenters. The number of benzene rings is 1. The summed E-state index contributed by atoms with van der Waals surface area (Å²) in [5, 5.41) is 8.81. The van der Waals surface area contributed by atoms with E-state index in [1.807, 2.05) is 0 Å². The molecule has 0 aliphatic carbocycles. The van der Waals surface area contributed by atoms with Crippen molar-refractivity contribution >= 4 is 11.7 Å². The number of likely N-dealkylation sites (N-methyl/N-ethyl adjacent to an activating group) is 1. The second-order valence-electron chi connectivity index (χ2n) is 5.26. The van der Waals surface area contributed by atoms with E-state index in [4.69, 9.17) is 5.11 Å². The van der Waals surface area contributed by atoms with Crippen molar-refractivity contribution in [3.05, 3.63) is 29.6 Å². The Morgan fingerprint density at radius 1 is 1.33 bits per heavy atom. The highest BCUT2D eigenvalue weighted by molar-refractivity contribution is 5.73. The fourth-order valence-electron chi connectivity index (χ4n) is 2.23. The highest BCUT2D eigenvalue weighted by atomic mass is 19.1. The number of carboxylic acids is 1. The summed E-state index contributed by atoms with van der Waals surface area (Å²) in [6, 6.07) is 4.92. The van der Waals surface area contributed by atoms with E-state index in [0.717, 1.165) is 38.0 Å². The smallest absolute Gasteiger partial charge is 0.323 e. The van der Waals surface area contributed by atoms with Gasteiger partial charge in [-0.25, -0.2) is 4.39 Å². The molecule has 0 aliphatic rings. The lowest BCUT2D eigenvalue weighted by Crippen LogP contribution is -2.27. The molecule has 1 rings (SSSR count). The van der Waals surface area contributed by atoms with Gasteiger partial charge >= 0.3 is 5.97 Å². The molecule has 0 spiro atoms. The molecule has 0 heterocycles. The van der Waals surface area contributed by atoms with E-state index < -0.39 is 5.97 Å². The van der Waals surface area contributed by atoms with Crippen molar-refractivity contribution in [2.75, 3.05) is 31.6 Å². The van der Waals surface area contributed by atoms with Gasteiger partial charge in [-0.05, 0) is 37.2 Å². The van der Waals surface area contributed by atoms with E-state index >= 15 is 0 Å². The van der Waals surface area contributed by atoms with Crippen molar-refractivity contribution in [1.82, 2.24) is 4.90 Å². The van der Waals surface area contributed by atoms with Gasteiger partial charge < -0.3 is 10.0 Å². The number of anilines is 1. The van der Waals surface area contributed by atoms with Crippen molar-refractivity contribution < 1.29 is 14.3 Å². The standard InChI is InChI=1S/C16H25FN2O2/c1-4-6-9-19(5-2)11-13-7-8-14(17)15(10-13)18(3)12-16(20)21/h7-8,10H,4-6,9,11-12H2,1-3H3,(H,20,21). The third-order valence-corrected chi connectivity index (χ3v) is 3.48. The minimum absolute atomic E-state index is 0.215. The van der Waals surface area contributed by atoms with Crippen molar-refractivity contribution in [3.63, 3.8) is 0 Å². The fraction of sp³-hybridized carbons (Fsp3) is 0.562. The van der Waals surface area contributed by atoms with Gasteiger partial charge in [0.25, 0.3) is 0 Å². The molecule has 0 amide bonds. The van der Waals surface area contributed by atoms with Gasteiger partial charge in [0.2, 0.25) is 0 Å². The van der Waals surface area contributed by atoms with Crippen LogP contribution in [0.5, 0.6) is 0 Å². The van der Waals surface area contributed by atoms with E-state index in [-0.39, 0.29) is 12.4 Å². The van der Waals surface area contributed by atoms with Crippen LogP contribution in [0.25, 0.3) is 0 Å². The zero-order chi connectivity index (χ0) is 15.8. The number of nitrogens with zero attached hydrogens (tertiary/aromatic N) is 2. The summed E-state index contributed by atoms with van der Waals surface area (Å²) in [5.41, 5.74) is 1.34. The van der Waals surface area contributed by atoms with Crippen LogP contribution in [0.2, 0.25) is 0 Å². The molecule has 0 saturated carbocycles. The molecule has 0 radical (unpaired) electrons. The molecule has 1 aromatic rings. The van der Waals surface area contributed by atoms with Crippen molar-refractivity contribution in [3.8, 4) is 0 Å². The summed E-state index contributed by atoms with van der Waals surface area (Å²) in [6.07, 6.45) is 2.29. The monoisotopic (exact) mass is 296 g/mol. The molecular formula is C16H25FN2O2. The Bertz CT molecular complexity index is 466. The molecule has 0 fully saturated rings. The normalized spacial score (nSPS) is 10.9. The predicted octanol–water partition coefficient (Wildman–Crippen LogP) is 2.97. The van der Waals surface area contributed by atoms with Crippen molar-refractivity contribution in [2.45, 2.75) is 33.2 Å². The van der Waals surface area contributed by atoms with E-state index in [9.17, 15) is 9.18 Å². The Kier molecular flexibility index (Phi) is 7.15. The second kappa shape index (κ2) is 8.62. The summed E-state index contributed by atoms with van der Waals surface area (Å²) >= 11 is 0. The van der Waals surface area contributed by atoms with Gasteiger partial charge in [-0.15, -0.1) is 0 Å². The highest BCUT2D eigenvalue weighted by Gasteiger charge is 2.12. The molecule has 4 nitrogen and oxygen atoms in total. The number of hydrogen-bond acceptors (Lipinski definition) is 3. The van der Waals surface area contributed by atoms with Gasteiger partial charge in [0, 0.05) is 13.6 Å². The molecule has 0 atom stereocenters. The Balaban J connectivity index is 2.82. The predicted molar refractivity (Wildman–Crippen MR) is 83.2 cm³/mol. The quantitative estimate of drug-likeness (QED) is 0.761. The van der Waals surface area contributed by atoms with E-state index in [1.54, 1.807) is 19.2 Å². The highest BCUT2D eigenvalue weighted by Crippen LogP contribution is 2.21. The third kappa shape index (κ3) is 5.71. The lowest BCUT2D eigenvalue weighted by atomic mass is 10.1. The third-order valence-electron chi connectivity index (χ3n) is 3.48. The van der Waals surface area contributed by atoms with Gasteiger partial charge in [0.1, 0.15) is 12.4 Å². The first-order valence-electron chi connectivity index (χ1n) is 7.41. The van der Waals surface area contributed by atoms with E-state index in [1.165, 1.54) is 11.0 Å². The summed E-state index contributed by atoms with van der Waals surface area (Å²) in [7, 11) is 1.59. The number of halogens is 1. The SMILES string of the molecule is CCCCN(CC)Cc1ccc(F)c(N(C)CC(=O)O)c1. The van der Waals surface area contributed by atoms with Crippen LogP contribution in [0, 0.1) is 5.82 Å². The van der Waals surface area contributed by atoms with Crippen LogP contribution in [0.3, 0.4) is 0 Å². The zero-order valence-electron chi connectivity index (χ0n) is 13.1. The summed E-state index contributed by atoms with van der Waals surface area (Å²) < 4.78 is 13.8. The maximum Gasteiger partial charge on any atom is 0.323 e. The second-order valence-corrected chi connectivity index (χ2v) is 5.26. The van der Waals surface area contributed by atoms with Gasteiger partial charge in [0.15, 0.2) is 0 Å². The minimum atomic E-state index is -0.972. The molecule has 1 aromatic carbocycles. The Labute approximate surface area is 126 Å². The largest absolute Gasteiger partial charge is 0.480 e. The Morgan fingerprint density at radius 3 is 2.62 bits per heavy atom. The van der Waals surface area contributed by atoms with Gasteiger partial charge in [0.05, 0.1) is 5.69 Å². The Hall–Kier alpha value is -1.62. The molecule has 0 aromatic heterocycles. The van der Waals surface area contributed by atoms with Gasteiger partial charge in [-0.1, -0.05) is 26.3 Å². The Morgan fingerprint density at radius 2 is 2.05 bits per heavy atom. The molecule has 21 heavy (non-hydrogen) atoms. The van der Waals surface area contributed by atoms with Crippen LogP contribution in [0.1, 0.15) is 32.3 Å².